The summed E-state index contributed by atoms with van der Waals surface area (Å²) in [7, 11) is 3.07. The predicted molar refractivity (Wildman–Crippen MR) is 82.7 cm³/mol. The van der Waals surface area contributed by atoms with Gasteiger partial charge in [-0.15, -0.1) is 12.4 Å². The van der Waals surface area contributed by atoms with Gasteiger partial charge < -0.3 is 25.6 Å². The van der Waals surface area contributed by atoms with E-state index < -0.39 is 6.10 Å². The van der Waals surface area contributed by atoms with Crippen LogP contribution in [0.1, 0.15) is 18.1 Å². The van der Waals surface area contributed by atoms with Gasteiger partial charge in [0.2, 0.25) is 5.91 Å². The quantitative estimate of drug-likeness (QED) is 0.653. The van der Waals surface area contributed by atoms with Crippen LogP contribution in [0.4, 0.5) is 0 Å². The molecule has 0 radical (unpaired) electrons. The van der Waals surface area contributed by atoms with Crippen LogP contribution in [0.2, 0.25) is 0 Å². The number of methoxy groups -OCH3 is 2. The van der Waals surface area contributed by atoms with Crippen molar-refractivity contribution in [2.24, 2.45) is 5.73 Å². The van der Waals surface area contributed by atoms with Crippen molar-refractivity contribution in [2.45, 2.75) is 18.6 Å². The summed E-state index contributed by atoms with van der Waals surface area (Å²) in [5.74, 6) is 0.458. The highest BCUT2D eigenvalue weighted by molar-refractivity contribution is 5.85. The van der Waals surface area contributed by atoms with Gasteiger partial charge in [-0.05, 0) is 17.7 Å². The second-order valence-electron chi connectivity index (χ2n) is 4.39. The van der Waals surface area contributed by atoms with E-state index in [4.69, 9.17) is 15.2 Å². The number of carbonyl (C=O) groups excluding carboxylic acids is 1. The van der Waals surface area contributed by atoms with Crippen molar-refractivity contribution in [2.75, 3.05) is 27.3 Å². The lowest BCUT2D eigenvalue weighted by Crippen LogP contribution is -2.34. The number of nitrogens with two attached hydrogens (primary N) is 1. The highest BCUT2D eigenvalue weighted by Gasteiger charge is 2.14. The van der Waals surface area contributed by atoms with Gasteiger partial charge in [0.25, 0.3) is 0 Å². The monoisotopic (exact) mass is 318 g/mol. The van der Waals surface area contributed by atoms with E-state index >= 15 is 0 Å². The zero-order chi connectivity index (χ0) is 15.0. The zero-order valence-corrected chi connectivity index (χ0v) is 13.1. The summed E-state index contributed by atoms with van der Waals surface area (Å²) in [6.07, 6.45) is -0.908. The van der Waals surface area contributed by atoms with Crippen LogP contribution < -0.4 is 15.8 Å². The van der Waals surface area contributed by atoms with Gasteiger partial charge in [-0.25, -0.2) is 0 Å². The first kappa shape index (κ1) is 19.7. The zero-order valence-electron chi connectivity index (χ0n) is 12.2. The van der Waals surface area contributed by atoms with Crippen LogP contribution >= 0.6 is 12.4 Å². The summed E-state index contributed by atoms with van der Waals surface area (Å²) >= 11 is 0. The summed E-state index contributed by atoms with van der Waals surface area (Å²) in [4.78, 5) is 11.6. The third-order valence-electron chi connectivity index (χ3n) is 2.98. The molecule has 0 fully saturated rings. The Morgan fingerprint density at radius 1 is 1.43 bits per heavy atom. The molecule has 2 atom stereocenters. The van der Waals surface area contributed by atoms with E-state index in [1.54, 1.807) is 31.4 Å². The van der Waals surface area contributed by atoms with Crippen LogP contribution in [0.5, 0.6) is 5.75 Å². The fraction of sp³-hybridized carbons (Fsp3) is 0.500. The number of amides is 1. The molecular weight excluding hydrogens is 296 g/mol. The molecule has 1 aromatic rings. The van der Waals surface area contributed by atoms with Gasteiger partial charge in [-0.2, -0.15) is 0 Å². The minimum Gasteiger partial charge on any atom is -0.497 e. The van der Waals surface area contributed by atoms with Gasteiger partial charge in [-0.3, -0.25) is 4.79 Å². The van der Waals surface area contributed by atoms with Gasteiger partial charge in [0.1, 0.15) is 5.75 Å². The average molecular weight is 319 g/mol. The van der Waals surface area contributed by atoms with Gasteiger partial charge >= 0.3 is 0 Å². The van der Waals surface area contributed by atoms with Crippen molar-refractivity contribution in [3.63, 3.8) is 0 Å². The number of aliphatic hydroxyl groups is 1. The Labute approximate surface area is 131 Å². The number of nitrogens with one attached hydrogen (secondary N) is 1. The van der Waals surface area contributed by atoms with Crippen molar-refractivity contribution in [3.8, 4) is 5.75 Å². The standard InChI is InChI=1S/C14H22N2O4.ClH/c1-19-11-5-3-4-10(6-11)13(17)9-16-14(18)7-12(8-15)20-2;/h3-6,12-13,17H,7-9,15H2,1-2H3,(H,16,18);1H. The van der Waals surface area contributed by atoms with Crippen LogP contribution in [-0.2, 0) is 9.53 Å². The lowest BCUT2D eigenvalue weighted by Gasteiger charge is -2.15. The molecule has 6 nitrogen and oxygen atoms in total. The Hall–Kier alpha value is -1.34. The SMILES string of the molecule is COc1cccc(C(O)CNC(=O)CC(CN)OC)c1.Cl. The Morgan fingerprint density at radius 2 is 2.14 bits per heavy atom. The summed E-state index contributed by atoms with van der Waals surface area (Å²) in [6.45, 7) is 0.412. The molecule has 0 spiro atoms. The smallest absolute Gasteiger partial charge is 0.222 e. The number of benzene rings is 1. The minimum atomic E-state index is -0.784. The first-order chi connectivity index (χ1) is 9.60. The second kappa shape index (κ2) is 10.4. The predicted octanol–water partition coefficient (Wildman–Crippen LogP) is 0.630. The van der Waals surface area contributed by atoms with E-state index in [-0.39, 0.29) is 43.9 Å². The molecule has 0 heterocycles. The maximum Gasteiger partial charge on any atom is 0.222 e. The molecule has 120 valence electrons. The molecule has 0 saturated heterocycles. The highest BCUT2D eigenvalue weighted by atomic mass is 35.5. The molecule has 0 aliphatic heterocycles. The van der Waals surface area contributed by atoms with Crippen LogP contribution in [0, 0.1) is 0 Å². The van der Waals surface area contributed by atoms with Crippen molar-refractivity contribution in [3.05, 3.63) is 29.8 Å². The van der Waals surface area contributed by atoms with Gasteiger partial charge in [0.05, 0.1) is 25.7 Å². The van der Waals surface area contributed by atoms with E-state index in [0.29, 0.717) is 11.3 Å². The van der Waals surface area contributed by atoms with Gasteiger partial charge in [0.15, 0.2) is 0 Å². The first-order valence-electron chi connectivity index (χ1n) is 6.42. The largest absolute Gasteiger partial charge is 0.497 e. The lowest BCUT2D eigenvalue weighted by atomic mass is 10.1. The molecular formula is C14H23ClN2O4. The van der Waals surface area contributed by atoms with E-state index in [0.717, 1.165) is 0 Å². The Kier molecular flexibility index (Phi) is 9.73. The maximum absolute atomic E-state index is 11.6. The first-order valence-corrected chi connectivity index (χ1v) is 6.42. The molecule has 0 aromatic heterocycles. The van der Waals surface area contributed by atoms with Crippen molar-refractivity contribution in [1.29, 1.82) is 0 Å². The highest BCUT2D eigenvalue weighted by Crippen LogP contribution is 2.18. The van der Waals surface area contributed by atoms with E-state index in [1.165, 1.54) is 7.11 Å². The fourth-order valence-electron chi connectivity index (χ4n) is 1.72. The molecule has 0 saturated carbocycles. The van der Waals surface area contributed by atoms with E-state index in [9.17, 15) is 9.90 Å². The second-order valence-corrected chi connectivity index (χ2v) is 4.39. The molecule has 21 heavy (non-hydrogen) atoms. The number of hydrogen-bond acceptors (Lipinski definition) is 5. The van der Waals surface area contributed by atoms with Crippen LogP contribution in [0.3, 0.4) is 0 Å². The topological polar surface area (TPSA) is 93.8 Å². The third-order valence-corrected chi connectivity index (χ3v) is 2.98. The molecule has 2 unspecified atom stereocenters. The number of rotatable bonds is 8. The Balaban J connectivity index is 0.00000400. The molecule has 4 N–H and O–H groups in total. The Morgan fingerprint density at radius 3 is 2.71 bits per heavy atom. The molecule has 1 aromatic carbocycles. The summed E-state index contributed by atoms with van der Waals surface area (Å²) in [6, 6.07) is 7.08. The van der Waals surface area contributed by atoms with Crippen molar-refractivity contribution < 1.29 is 19.4 Å². The van der Waals surface area contributed by atoms with E-state index in [2.05, 4.69) is 5.32 Å². The van der Waals surface area contributed by atoms with Crippen LogP contribution in [0.25, 0.3) is 0 Å². The maximum atomic E-state index is 11.6. The minimum absolute atomic E-state index is 0. The number of carbonyl (C=O) groups is 1. The Bertz CT molecular complexity index is 427. The number of ether oxygens (including phenoxy) is 2. The number of hydrogen-bond donors (Lipinski definition) is 3. The molecule has 1 amide bonds. The molecule has 0 aliphatic carbocycles. The number of aliphatic hydroxyl groups excluding tert-OH is 1. The van der Waals surface area contributed by atoms with E-state index in [1.807, 2.05) is 0 Å². The molecule has 7 heteroatoms. The summed E-state index contributed by atoms with van der Waals surface area (Å²) in [5.41, 5.74) is 6.13. The van der Waals surface area contributed by atoms with Gasteiger partial charge in [0, 0.05) is 20.2 Å². The third kappa shape index (κ3) is 6.77. The molecule has 0 bridgehead atoms. The number of halogens is 1. The van der Waals surface area contributed by atoms with Crippen LogP contribution in [0.15, 0.2) is 24.3 Å². The van der Waals surface area contributed by atoms with Crippen molar-refractivity contribution >= 4 is 18.3 Å². The van der Waals surface area contributed by atoms with Crippen LogP contribution in [-0.4, -0.2) is 44.4 Å². The van der Waals surface area contributed by atoms with Gasteiger partial charge in [-0.1, -0.05) is 12.1 Å². The average Bonchev–Trinajstić information content (AvgIpc) is 2.50. The molecule has 0 aliphatic rings. The normalized spacial score (nSPS) is 13.0. The summed E-state index contributed by atoms with van der Waals surface area (Å²) in [5, 5.41) is 12.7. The lowest BCUT2D eigenvalue weighted by molar-refractivity contribution is -0.123. The summed E-state index contributed by atoms with van der Waals surface area (Å²) < 4.78 is 10.1. The molecule has 1 rings (SSSR count). The van der Waals surface area contributed by atoms with Crippen molar-refractivity contribution in [1.82, 2.24) is 5.32 Å². The fourth-order valence-corrected chi connectivity index (χ4v) is 1.72.